The van der Waals surface area contributed by atoms with E-state index >= 15 is 0 Å². The highest BCUT2D eigenvalue weighted by molar-refractivity contribution is 6.34. The zero-order chi connectivity index (χ0) is 10.1. The smallest absolute Gasteiger partial charge is 0.283 e. The van der Waals surface area contributed by atoms with Crippen molar-refractivity contribution in [3.63, 3.8) is 0 Å². The summed E-state index contributed by atoms with van der Waals surface area (Å²) in [7, 11) is 0. The fourth-order valence-corrected chi connectivity index (χ4v) is 1.54. The first-order chi connectivity index (χ1) is 6.68. The lowest BCUT2D eigenvalue weighted by Crippen LogP contribution is -2.27. The summed E-state index contributed by atoms with van der Waals surface area (Å²) in [6, 6.07) is 6.47. The van der Waals surface area contributed by atoms with Gasteiger partial charge in [-0.3, -0.25) is 15.0 Å². The molecule has 0 unspecified atom stereocenters. The first kappa shape index (κ1) is 9.02. The second-order valence-electron chi connectivity index (χ2n) is 2.89. The number of hydrogen-bond donors (Lipinski definition) is 1. The first-order valence-corrected chi connectivity index (χ1v) is 4.42. The van der Waals surface area contributed by atoms with Crippen molar-refractivity contribution in [2.24, 2.45) is 0 Å². The zero-order valence-corrected chi connectivity index (χ0v) is 7.91. The first-order valence-electron chi connectivity index (χ1n) is 4.04. The van der Waals surface area contributed by atoms with E-state index in [1.54, 1.807) is 24.3 Å². The molecule has 5 heteroatoms. The molecule has 4 nitrogen and oxygen atoms in total. The lowest BCUT2D eigenvalue weighted by molar-refractivity contribution is -0.117. The van der Waals surface area contributed by atoms with E-state index < -0.39 is 6.03 Å². The van der Waals surface area contributed by atoms with Gasteiger partial charge in [0.05, 0.1) is 10.7 Å². The number of rotatable bonds is 1. The molecule has 1 N–H and O–H groups in total. The molecule has 1 saturated heterocycles. The SMILES string of the molecule is O=C1CN(c2ccccc2Cl)C(=O)N1. The highest BCUT2D eigenvalue weighted by Gasteiger charge is 2.28. The fraction of sp³-hybridized carbons (Fsp3) is 0.111. The van der Waals surface area contributed by atoms with E-state index in [-0.39, 0.29) is 12.5 Å². The molecule has 0 atom stereocenters. The Balaban J connectivity index is 2.36. The van der Waals surface area contributed by atoms with Crippen LogP contribution >= 0.6 is 11.6 Å². The molecule has 1 heterocycles. The third-order valence-corrected chi connectivity index (χ3v) is 2.26. The monoisotopic (exact) mass is 210 g/mol. The van der Waals surface area contributed by atoms with Gasteiger partial charge in [-0.15, -0.1) is 0 Å². The average molecular weight is 211 g/mol. The van der Waals surface area contributed by atoms with Gasteiger partial charge in [0.15, 0.2) is 0 Å². The molecule has 0 aliphatic carbocycles. The number of hydrogen-bond acceptors (Lipinski definition) is 2. The van der Waals surface area contributed by atoms with E-state index in [0.29, 0.717) is 10.7 Å². The molecular weight excluding hydrogens is 204 g/mol. The molecule has 0 aromatic heterocycles. The lowest BCUT2D eigenvalue weighted by atomic mass is 10.3. The van der Waals surface area contributed by atoms with E-state index in [1.807, 2.05) is 0 Å². The van der Waals surface area contributed by atoms with Crippen LogP contribution in [0.3, 0.4) is 0 Å². The van der Waals surface area contributed by atoms with Crippen LogP contribution in [0.4, 0.5) is 10.5 Å². The molecule has 0 saturated carbocycles. The van der Waals surface area contributed by atoms with Crippen LogP contribution in [-0.4, -0.2) is 18.5 Å². The summed E-state index contributed by atoms with van der Waals surface area (Å²) in [4.78, 5) is 23.5. The lowest BCUT2D eigenvalue weighted by Gasteiger charge is -2.14. The van der Waals surface area contributed by atoms with Crippen LogP contribution in [0, 0.1) is 0 Å². The van der Waals surface area contributed by atoms with Crippen LogP contribution in [0.25, 0.3) is 0 Å². The summed E-state index contributed by atoms with van der Waals surface area (Å²) in [6.07, 6.45) is 0. The Kier molecular flexibility index (Phi) is 2.13. The highest BCUT2D eigenvalue weighted by Crippen LogP contribution is 2.26. The Morgan fingerprint density at radius 2 is 2.00 bits per heavy atom. The van der Waals surface area contributed by atoms with Gasteiger partial charge in [-0.05, 0) is 12.1 Å². The number of carbonyl (C=O) groups is 2. The van der Waals surface area contributed by atoms with Gasteiger partial charge < -0.3 is 0 Å². The van der Waals surface area contributed by atoms with Crippen molar-refractivity contribution in [2.45, 2.75) is 0 Å². The van der Waals surface area contributed by atoms with Gasteiger partial charge in [0.2, 0.25) is 5.91 Å². The summed E-state index contributed by atoms with van der Waals surface area (Å²) in [6.45, 7) is 0.0303. The minimum atomic E-state index is -0.428. The average Bonchev–Trinajstić information content (AvgIpc) is 2.46. The molecule has 0 spiro atoms. The molecule has 1 aliphatic rings. The van der Waals surface area contributed by atoms with Gasteiger partial charge in [0.1, 0.15) is 6.54 Å². The Morgan fingerprint density at radius 3 is 2.57 bits per heavy atom. The maximum atomic E-state index is 11.3. The van der Waals surface area contributed by atoms with Gasteiger partial charge in [-0.2, -0.15) is 0 Å². The number of nitrogens with zero attached hydrogens (tertiary/aromatic N) is 1. The Labute approximate surface area is 85.5 Å². The van der Waals surface area contributed by atoms with Crippen LogP contribution in [0.15, 0.2) is 24.3 Å². The molecule has 0 bridgehead atoms. The van der Waals surface area contributed by atoms with E-state index in [0.717, 1.165) is 0 Å². The van der Waals surface area contributed by atoms with Crippen molar-refractivity contribution in [3.05, 3.63) is 29.3 Å². The van der Waals surface area contributed by atoms with Crippen LogP contribution in [0.5, 0.6) is 0 Å². The molecule has 1 fully saturated rings. The predicted octanol–water partition coefficient (Wildman–Crippen LogP) is 1.40. The molecule has 3 amide bonds. The summed E-state index contributed by atoms with van der Waals surface area (Å²) in [5.74, 6) is -0.310. The van der Waals surface area contributed by atoms with E-state index in [1.165, 1.54) is 4.90 Å². The standard InChI is InChI=1S/C9H7ClN2O2/c10-6-3-1-2-4-7(6)12-5-8(13)11-9(12)14/h1-4H,5H2,(H,11,13,14). The minimum Gasteiger partial charge on any atom is -0.283 e. The van der Waals surface area contributed by atoms with Crippen molar-refractivity contribution in [1.82, 2.24) is 5.32 Å². The number of amides is 3. The topological polar surface area (TPSA) is 49.4 Å². The minimum absolute atomic E-state index is 0.0303. The van der Waals surface area contributed by atoms with Crippen molar-refractivity contribution in [1.29, 1.82) is 0 Å². The number of halogens is 1. The van der Waals surface area contributed by atoms with Crippen molar-refractivity contribution >= 4 is 29.2 Å². The van der Waals surface area contributed by atoms with Crippen molar-refractivity contribution in [3.8, 4) is 0 Å². The van der Waals surface area contributed by atoms with Crippen LogP contribution in [0.1, 0.15) is 0 Å². The number of para-hydroxylation sites is 1. The zero-order valence-electron chi connectivity index (χ0n) is 7.16. The predicted molar refractivity (Wildman–Crippen MR) is 52.3 cm³/mol. The molecule has 14 heavy (non-hydrogen) atoms. The second kappa shape index (κ2) is 3.31. The van der Waals surface area contributed by atoms with Gasteiger partial charge in [-0.25, -0.2) is 4.79 Å². The van der Waals surface area contributed by atoms with Crippen LogP contribution in [0.2, 0.25) is 5.02 Å². The summed E-state index contributed by atoms with van der Waals surface area (Å²) < 4.78 is 0. The third-order valence-electron chi connectivity index (χ3n) is 1.94. The molecule has 1 aliphatic heterocycles. The van der Waals surface area contributed by atoms with Crippen molar-refractivity contribution < 1.29 is 9.59 Å². The van der Waals surface area contributed by atoms with Crippen molar-refractivity contribution in [2.75, 3.05) is 11.4 Å². The number of anilines is 1. The molecule has 2 rings (SSSR count). The number of imide groups is 1. The van der Waals surface area contributed by atoms with Gasteiger partial charge in [0, 0.05) is 0 Å². The molecule has 1 aromatic carbocycles. The van der Waals surface area contributed by atoms with Crippen LogP contribution < -0.4 is 10.2 Å². The molecular formula is C9H7ClN2O2. The normalized spacial score (nSPS) is 15.9. The van der Waals surface area contributed by atoms with E-state index in [4.69, 9.17) is 11.6 Å². The Bertz CT molecular complexity index is 406. The number of benzene rings is 1. The molecule has 0 radical (unpaired) electrons. The summed E-state index contributed by atoms with van der Waals surface area (Å²) in [5.41, 5.74) is 0.553. The maximum absolute atomic E-state index is 11.3. The van der Waals surface area contributed by atoms with Gasteiger partial charge in [0.25, 0.3) is 0 Å². The van der Waals surface area contributed by atoms with Crippen LogP contribution in [-0.2, 0) is 4.79 Å². The van der Waals surface area contributed by atoms with E-state index in [9.17, 15) is 9.59 Å². The number of urea groups is 1. The van der Waals surface area contributed by atoms with Gasteiger partial charge in [-0.1, -0.05) is 23.7 Å². The molecule has 1 aromatic rings. The van der Waals surface area contributed by atoms with Gasteiger partial charge >= 0.3 is 6.03 Å². The highest BCUT2D eigenvalue weighted by atomic mass is 35.5. The van der Waals surface area contributed by atoms with E-state index in [2.05, 4.69) is 5.32 Å². The Hall–Kier alpha value is -1.55. The second-order valence-corrected chi connectivity index (χ2v) is 3.30. The largest absolute Gasteiger partial charge is 0.329 e. The maximum Gasteiger partial charge on any atom is 0.329 e. The fourth-order valence-electron chi connectivity index (χ4n) is 1.31. The Morgan fingerprint density at radius 1 is 1.29 bits per heavy atom. The number of carbonyl (C=O) groups excluding carboxylic acids is 2. The number of nitrogens with one attached hydrogen (secondary N) is 1. The molecule has 72 valence electrons. The summed E-state index contributed by atoms with van der Waals surface area (Å²) >= 11 is 5.88. The summed E-state index contributed by atoms with van der Waals surface area (Å²) in [5, 5.41) is 2.64. The third kappa shape index (κ3) is 1.44. The quantitative estimate of drug-likeness (QED) is 0.713.